The van der Waals surface area contributed by atoms with Crippen molar-refractivity contribution in [2.24, 2.45) is 0 Å². The second-order valence-corrected chi connectivity index (χ2v) is 7.06. The van der Waals surface area contributed by atoms with Crippen LogP contribution in [0.25, 0.3) is 33.5 Å². The van der Waals surface area contributed by atoms with Gasteiger partial charge in [-0.15, -0.1) is 0 Å². The summed E-state index contributed by atoms with van der Waals surface area (Å²) in [6.45, 7) is 0.0232. The van der Waals surface area contributed by atoms with E-state index in [4.69, 9.17) is 9.15 Å². The van der Waals surface area contributed by atoms with Crippen LogP contribution in [0, 0.1) is 0 Å². The molecule has 5 rings (SSSR count). The van der Waals surface area contributed by atoms with Gasteiger partial charge in [-0.25, -0.2) is 4.98 Å². The highest BCUT2D eigenvalue weighted by Gasteiger charge is 2.11. The van der Waals surface area contributed by atoms with Crippen LogP contribution in [0.2, 0.25) is 0 Å². The van der Waals surface area contributed by atoms with E-state index in [2.05, 4.69) is 9.97 Å². The van der Waals surface area contributed by atoms with Gasteiger partial charge < -0.3 is 9.15 Å². The fourth-order valence-electron chi connectivity index (χ4n) is 3.41. The number of rotatable bonds is 6. The summed E-state index contributed by atoms with van der Waals surface area (Å²) in [5.74, 6) is 1.18. The lowest BCUT2D eigenvalue weighted by Gasteiger charge is -2.07. The summed E-state index contributed by atoms with van der Waals surface area (Å²) >= 11 is 0. The monoisotopic (exact) mass is 394 g/mol. The van der Waals surface area contributed by atoms with Gasteiger partial charge in [0.1, 0.15) is 12.4 Å². The van der Waals surface area contributed by atoms with Crippen LogP contribution < -0.4 is 4.74 Å². The van der Waals surface area contributed by atoms with Gasteiger partial charge in [0.25, 0.3) is 0 Å². The van der Waals surface area contributed by atoms with E-state index >= 15 is 0 Å². The lowest BCUT2D eigenvalue weighted by Crippen LogP contribution is -2.13. The van der Waals surface area contributed by atoms with Gasteiger partial charge in [-0.1, -0.05) is 42.5 Å². The quantitative estimate of drug-likeness (QED) is 0.394. The third-order valence-electron chi connectivity index (χ3n) is 4.86. The second kappa shape index (κ2) is 7.79. The number of hydrogen-bond donors (Lipinski definition) is 0. The van der Waals surface area contributed by atoms with Crippen molar-refractivity contribution in [3.8, 4) is 17.2 Å². The molecule has 0 fully saturated rings. The molecule has 0 saturated heterocycles. The number of hydrogen-bond acceptors (Lipinski definition) is 5. The second-order valence-electron chi connectivity index (χ2n) is 7.06. The first-order valence-electron chi connectivity index (χ1n) is 9.69. The van der Waals surface area contributed by atoms with Crippen LogP contribution in [-0.4, -0.2) is 22.4 Å². The van der Waals surface area contributed by atoms with E-state index in [0.717, 1.165) is 21.9 Å². The first-order chi connectivity index (χ1) is 14.7. The van der Waals surface area contributed by atoms with Crippen molar-refractivity contribution in [2.45, 2.75) is 6.42 Å². The Hall–Kier alpha value is -3.99. The normalized spacial score (nSPS) is 11.1. The highest BCUT2D eigenvalue weighted by atomic mass is 16.5. The van der Waals surface area contributed by atoms with E-state index in [0.29, 0.717) is 22.9 Å². The lowest BCUT2D eigenvalue weighted by molar-refractivity contribution is -0.120. The molecule has 0 aliphatic heterocycles. The summed E-state index contributed by atoms with van der Waals surface area (Å²) in [5.41, 5.74) is 2.90. The average molecular weight is 394 g/mol. The van der Waals surface area contributed by atoms with Gasteiger partial charge in [0.2, 0.25) is 5.89 Å². The van der Waals surface area contributed by atoms with Crippen molar-refractivity contribution in [1.82, 2.24) is 9.97 Å². The van der Waals surface area contributed by atoms with Crippen LogP contribution in [0.3, 0.4) is 0 Å². The summed E-state index contributed by atoms with van der Waals surface area (Å²) in [6.07, 6.45) is 1.96. The fourth-order valence-corrected chi connectivity index (χ4v) is 3.41. The average Bonchev–Trinajstić information content (AvgIpc) is 3.22. The predicted octanol–water partition coefficient (Wildman–Crippen LogP) is 5.23. The predicted molar refractivity (Wildman–Crippen MR) is 115 cm³/mol. The minimum absolute atomic E-state index is 0.000425. The molecule has 5 heteroatoms. The van der Waals surface area contributed by atoms with Gasteiger partial charge in [-0.05, 0) is 52.7 Å². The van der Waals surface area contributed by atoms with Crippen LogP contribution in [0.15, 0.2) is 89.5 Å². The first kappa shape index (κ1) is 18.1. The molecule has 2 heterocycles. The number of nitrogens with zero attached hydrogens (tertiary/aromatic N) is 2. The van der Waals surface area contributed by atoms with Gasteiger partial charge in [-0.2, -0.15) is 4.98 Å². The molecule has 146 valence electrons. The molecule has 0 radical (unpaired) electrons. The Morgan fingerprint density at radius 1 is 0.900 bits per heavy atom. The molecule has 0 N–H and O–H groups in total. The lowest BCUT2D eigenvalue weighted by atomic mass is 10.1. The molecule has 2 aromatic heterocycles. The molecule has 5 nitrogen and oxygen atoms in total. The Morgan fingerprint density at radius 3 is 2.70 bits per heavy atom. The highest BCUT2D eigenvalue weighted by Crippen LogP contribution is 2.24. The molecule has 5 aromatic rings. The fraction of sp³-hybridized carbons (Fsp3) is 0.0800. The standard InChI is InChI=1S/C25H18N2O3/c28-21(16-29-22-11-10-18-6-1-2-7-19(18)15-22)14-17-5-3-8-20(13-17)25-27-24-23(30-25)9-4-12-26-24/h1-13,15H,14,16H2. The molecule has 0 amide bonds. The topological polar surface area (TPSA) is 65.2 Å². The third kappa shape index (κ3) is 3.78. The molecular formula is C25H18N2O3. The SMILES string of the molecule is O=C(COc1ccc2ccccc2c1)Cc1cccc(-c2nc3ncccc3o2)c1. The number of benzene rings is 3. The summed E-state index contributed by atoms with van der Waals surface area (Å²) in [4.78, 5) is 21.1. The molecule has 0 atom stereocenters. The first-order valence-corrected chi connectivity index (χ1v) is 9.69. The minimum atomic E-state index is -0.000425. The number of pyridine rings is 1. The Balaban J connectivity index is 1.27. The zero-order valence-electron chi connectivity index (χ0n) is 16.1. The molecule has 0 aliphatic rings. The van der Waals surface area contributed by atoms with Gasteiger partial charge in [0.15, 0.2) is 17.0 Å². The van der Waals surface area contributed by atoms with E-state index in [1.807, 2.05) is 78.9 Å². The number of oxazole rings is 1. The summed E-state index contributed by atoms with van der Waals surface area (Å²) in [7, 11) is 0. The highest BCUT2D eigenvalue weighted by molar-refractivity contribution is 5.85. The number of ether oxygens (including phenoxy) is 1. The molecular weight excluding hydrogens is 376 g/mol. The molecule has 0 bridgehead atoms. The van der Waals surface area contributed by atoms with Crippen molar-refractivity contribution >= 4 is 27.8 Å². The summed E-state index contributed by atoms with van der Waals surface area (Å²) < 4.78 is 11.5. The number of aromatic nitrogens is 2. The largest absolute Gasteiger partial charge is 0.486 e. The summed E-state index contributed by atoms with van der Waals surface area (Å²) in [6, 6.07) is 25.1. The van der Waals surface area contributed by atoms with Crippen molar-refractivity contribution < 1.29 is 13.9 Å². The molecule has 0 unspecified atom stereocenters. The maximum absolute atomic E-state index is 12.5. The molecule has 3 aromatic carbocycles. The van der Waals surface area contributed by atoms with E-state index < -0.39 is 0 Å². The maximum atomic E-state index is 12.5. The van der Waals surface area contributed by atoms with Crippen LogP contribution >= 0.6 is 0 Å². The van der Waals surface area contributed by atoms with E-state index in [9.17, 15) is 4.79 Å². The number of Topliss-reactive ketones (excluding diaryl/α,β-unsaturated/α-hetero) is 1. The molecule has 0 spiro atoms. The van der Waals surface area contributed by atoms with Gasteiger partial charge in [0.05, 0.1) is 0 Å². The van der Waals surface area contributed by atoms with E-state index in [-0.39, 0.29) is 18.8 Å². The van der Waals surface area contributed by atoms with Crippen LogP contribution in [0.4, 0.5) is 0 Å². The Morgan fingerprint density at radius 2 is 1.80 bits per heavy atom. The van der Waals surface area contributed by atoms with Crippen molar-refractivity contribution in [3.05, 3.63) is 90.6 Å². The van der Waals surface area contributed by atoms with E-state index in [1.54, 1.807) is 6.20 Å². The number of ketones is 1. The zero-order chi connectivity index (χ0) is 20.3. The Bertz CT molecular complexity index is 1320. The molecule has 0 aliphatic carbocycles. The van der Waals surface area contributed by atoms with Gasteiger partial charge in [-0.3, -0.25) is 4.79 Å². The van der Waals surface area contributed by atoms with E-state index in [1.165, 1.54) is 0 Å². The van der Waals surface area contributed by atoms with Gasteiger partial charge in [0, 0.05) is 18.2 Å². The zero-order valence-corrected chi connectivity index (χ0v) is 16.1. The Kier molecular flexibility index (Phi) is 4.69. The van der Waals surface area contributed by atoms with Crippen LogP contribution in [0.1, 0.15) is 5.56 Å². The third-order valence-corrected chi connectivity index (χ3v) is 4.86. The van der Waals surface area contributed by atoms with Crippen molar-refractivity contribution in [2.75, 3.05) is 6.61 Å². The van der Waals surface area contributed by atoms with Crippen LogP contribution in [-0.2, 0) is 11.2 Å². The van der Waals surface area contributed by atoms with Gasteiger partial charge >= 0.3 is 0 Å². The molecule has 30 heavy (non-hydrogen) atoms. The van der Waals surface area contributed by atoms with Crippen LogP contribution in [0.5, 0.6) is 5.75 Å². The minimum Gasteiger partial charge on any atom is -0.486 e. The molecule has 0 saturated carbocycles. The Labute approximate surface area is 173 Å². The smallest absolute Gasteiger partial charge is 0.228 e. The number of fused-ring (bicyclic) bond motifs is 2. The number of carbonyl (C=O) groups is 1. The summed E-state index contributed by atoms with van der Waals surface area (Å²) in [5, 5.41) is 2.23. The van der Waals surface area contributed by atoms with Crippen molar-refractivity contribution in [1.29, 1.82) is 0 Å². The van der Waals surface area contributed by atoms with Crippen molar-refractivity contribution in [3.63, 3.8) is 0 Å². The maximum Gasteiger partial charge on any atom is 0.228 e. The number of carbonyl (C=O) groups excluding carboxylic acids is 1.